The van der Waals surface area contributed by atoms with Gasteiger partial charge in [-0.1, -0.05) is 273 Å². The molecule has 0 radical (unpaired) electrons. The number of H-pyrrole nitrogens is 1. The van der Waals surface area contributed by atoms with Crippen molar-refractivity contribution in [3.05, 3.63) is 340 Å². The molecule has 9 aromatic carbocycles. The number of anilines is 1. The molecular formula is C67H55N5O5. The van der Waals surface area contributed by atoms with Crippen LogP contribution in [0, 0.1) is 0 Å². The van der Waals surface area contributed by atoms with Crippen molar-refractivity contribution in [2.45, 2.75) is 41.3 Å². The third-order valence-corrected chi connectivity index (χ3v) is 14.8. The first-order valence-corrected chi connectivity index (χ1v) is 25.9. The van der Waals surface area contributed by atoms with Crippen LogP contribution < -0.4 is 10.9 Å². The molecule has 0 aliphatic carbocycles. The maximum atomic E-state index is 14.6. The topological polar surface area (TPSA) is 124 Å². The van der Waals surface area contributed by atoms with Crippen LogP contribution in [-0.2, 0) is 31.0 Å². The molecule has 10 nitrogen and oxygen atoms in total. The molecule has 2 aromatic heterocycles. The second kappa shape index (κ2) is 21.3. The zero-order valence-electron chi connectivity index (χ0n) is 42.0. The van der Waals surface area contributed by atoms with Crippen LogP contribution in [0.25, 0.3) is 11.2 Å². The van der Waals surface area contributed by atoms with Crippen LogP contribution in [-0.4, -0.2) is 49.5 Å². The highest BCUT2D eigenvalue weighted by Crippen LogP contribution is 2.48. The van der Waals surface area contributed by atoms with E-state index < -0.39 is 46.8 Å². The smallest absolute Gasteiger partial charge is 0.280 e. The number of hydrogen-bond donors (Lipinski definition) is 3. The molecule has 1 saturated heterocycles. The minimum Gasteiger partial charge on any atom is -0.387 e. The summed E-state index contributed by atoms with van der Waals surface area (Å²) >= 11 is 0. The molecule has 0 spiro atoms. The SMILES string of the molecule is O=c1[nH]c(NC(c2ccccc2)(c2ccccc2)c2ccccc2)nc2c1ncn2[C@@H]1O[C@H](COC(c2ccccc2)(c2ccccc2)c2ccccc2)[C@@H](O)[C@H]1OC(c1ccccc1)(c1ccccc1)c1ccccc1. The lowest BCUT2D eigenvalue weighted by Crippen LogP contribution is -2.45. The lowest BCUT2D eigenvalue weighted by molar-refractivity contribution is -0.122. The third kappa shape index (κ3) is 8.93. The first-order chi connectivity index (χ1) is 38.0. The van der Waals surface area contributed by atoms with Crippen LogP contribution >= 0.6 is 0 Å². The highest BCUT2D eigenvalue weighted by molar-refractivity contribution is 5.72. The number of aliphatic hydroxyl groups is 1. The van der Waals surface area contributed by atoms with Crippen molar-refractivity contribution in [2.75, 3.05) is 11.9 Å². The Morgan fingerprint density at radius 1 is 0.494 bits per heavy atom. The monoisotopic (exact) mass is 1010 g/mol. The molecule has 0 unspecified atom stereocenters. The lowest BCUT2D eigenvalue weighted by Gasteiger charge is -2.40. The first-order valence-electron chi connectivity index (χ1n) is 25.9. The predicted molar refractivity (Wildman–Crippen MR) is 300 cm³/mol. The number of nitrogens with zero attached hydrogens (tertiary/aromatic N) is 3. The van der Waals surface area contributed by atoms with E-state index >= 15 is 0 Å². The van der Waals surface area contributed by atoms with E-state index in [1.165, 1.54) is 0 Å². The fraction of sp³-hybridized carbons (Fsp3) is 0.119. The predicted octanol–water partition coefficient (Wildman–Crippen LogP) is 12.2. The zero-order chi connectivity index (χ0) is 52.1. The molecule has 1 aliphatic rings. The fourth-order valence-electron chi connectivity index (χ4n) is 11.2. The standard InChI is InChI=1S/C67H55N5O5/c73-59-57(46-75-66(51-34-16-4-17-35-51,52-36-18-5-19-37-52)53-38-20-6-21-39-53)76-63(60(59)77-67(54-40-22-7-23-41-54,55-42-24-8-25-43-55)56-44-26-9-27-45-56)72-47-68-58-61(72)69-64(70-62(58)74)71-65(48-28-10-1-11-29-48,49-30-12-2-13-31-49)50-32-14-3-15-33-50/h1-45,47,57,59-60,63,73H,46H2,(H2,69,70,71,74)/t57-,59-,60-,63-/m1/s1. The van der Waals surface area contributed by atoms with Crippen LogP contribution in [0.4, 0.5) is 5.95 Å². The maximum absolute atomic E-state index is 14.6. The molecule has 1 fully saturated rings. The second-order valence-corrected chi connectivity index (χ2v) is 19.2. The molecule has 12 rings (SSSR count). The quantitative estimate of drug-likeness (QED) is 0.0771. The summed E-state index contributed by atoms with van der Waals surface area (Å²) in [5, 5.41) is 17.0. The van der Waals surface area contributed by atoms with Crippen molar-refractivity contribution < 1.29 is 19.3 Å². The number of hydrogen-bond acceptors (Lipinski definition) is 8. The van der Waals surface area contributed by atoms with Crippen LogP contribution in [0.15, 0.2) is 284 Å². The van der Waals surface area contributed by atoms with E-state index in [0.29, 0.717) is 0 Å². The summed E-state index contributed by atoms with van der Waals surface area (Å²) in [6, 6.07) is 90.7. The van der Waals surface area contributed by atoms with E-state index in [-0.39, 0.29) is 23.7 Å². The minimum atomic E-state index is -1.32. The van der Waals surface area contributed by atoms with Crippen LogP contribution in [0.5, 0.6) is 0 Å². The minimum absolute atomic E-state index is 0.0773. The first kappa shape index (κ1) is 48.9. The number of nitrogens with one attached hydrogen (secondary N) is 2. The van der Waals surface area contributed by atoms with Gasteiger partial charge < -0.3 is 24.6 Å². The van der Waals surface area contributed by atoms with Gasteiger partial charge in [-0.05, 0) is 50.1 Å². The van der Waals surface area contributed by atoms with Gasteiger partial charge in [-0.2, -0.15) is 4.98 Å². The van der Waals surface area contributed by atoms with Gasteiger partial charge in [-0.25, -0.2) is 4.98 Å². The summed E-state index contributed by atoms with van der Waals surface area (Å²) < 4.78 is 24.1. The number of rotatable bonds is 17. The normalized spacial score (nSPS) is 16.8. The van der Waals surface area contributed by atoms with Crippen molar-refractivity contribution in [1.82, 2.24) is 19.5 Å². The molecule has 77 heavy (non-hydrogen) atoms. The molecule has 11 aromatic rings. The summed E-state index contributed by atoms with van der Waals surface area (Å²) in [6.45, 7) is -0.0909. The van der Waals surface area contributed by atoms with E-state index in [1.54, 1.807) is 10.9 Å². The van der Waals surface area contributed by atoms with Gasteiger partial charge in [0.25, 0.3) is 5.56 Å². The van der Waals surface area contributed by atoms with E-state index in [0.717, 1.165) is 50.1 Å². The Balaban J connectivity index is 1.03. The number of aromatic amines is 1. The summed E-state index contributed by atoms with van der Waals surface area (Å²) in [5.74, 6) is 0.183. The number of fused-ring (bicyclic) bond motifs is 1. The Kier molecular flexibility index (Phi) is 13.5. The van der Waals surface area contributed by atoms with E-state index in [9.17, 15) is 9.90 Å². The molecule has 378 valence electrons. The van der Waals surface area contributed by atoms with Crippen molar-refractivity contribution in [3.63, 3.8) is 0 Å². The summed E-state index contributed by atoms with van der Waals surface area (Å²) in [7, 11) is 0. The Morgan fingerprint density at radius 3 is 1.19 bits per heavy atom. The van der Waals surface area contributed by atoms with Crippen LogP contribution in [0.2, 0.25) is 0 Å². The van der Waals surface area contributed by atoms with Gasteiger partial charge in [0.1, 0.15) is 35.1 Å². The highest BCUT2D eigenvalue weighted by atomic mass is 16.6. The summed E-state index contributed by atoms with van der Waals surface area (Å²) in [4.78, 5) is 27.6. The largest absolute Gasteiger partial charge is 0.387 e. The van der Waals surface area contributed by atoms with Gasteiger partial charge in [0.05, 0.1) is 12.9 Å². The number of aromatic nitrogens is 4. The van der Waals surface area contributed by atoms with Gasteiger partial charge in [0, 0.05) is 0 Å². The average Bonchev–Trinajstić information content (AvgIpc) is 4.08. The molecular weight excluding hydrogens is 955 g/mol. The average molecular weight is 1010 g/mol. The van der Waals surface area contributed by atoms with Crippen molar-refractivity contribution in [2.24, 2.45) is 0 Å². The third-order valence-electron chi connectivity index (χ3n) is 14.8. The Morgan fingerprint density at radius 2 is 0.831 bits per heavy atom. The Hall–Kier alpha value is -9.03. The van der Waals surface area contributed by atoms with Crippen molar-refractivity contribution in [3.8, 4) is 0 Å². The zero-order valence-corrected chi connectivity index (χ0v) is 42.0. The van der Waals surface area contributed by atoms with Crippen LogP contribution in [0.3, 0.4) is 0 Å². The molecule has 10 heteroatoms. The van der Waals surface area contributed by atoms with Gasteiger partial charge in [0.15, 0.2) is 17.4 Å². The Labute approximate surface area is 446 Å². The lowest BCUT2D eigenvalue weighted by atomic mass is 9.77. The molecule has 0 bridgehead atoms. The van der Waals surface area contributed by atoms with E-state index in [4.69, 9.17) is 24.2 Å². The van der Waals surface area contributed by atoms with Gasteiger partial charge in [-0.3, -0.25) is 14.3 Å². The molecule has 3 N–H and O–H groups in total. The summed E-state index contributed by atoms with van der Waals surface area (Å²) in [5.41, 5.74) is 4.28. The number of imidazole rings is 1. The second-order valence-electron chi connectivity index (χ2n) is 19.2. The molecule has 4 atom stereocenters. The van der Waals surface area contributed by atoms with Crippen LogP contribution in [0.1, 0.15) is 56.3 Å². The van der Waals surface area contributed by atoms with Gasteiger partial charge >= 0.3 is 0 Å². The van der Waals surface area contributed by atoms with Crippen molar-refractivity contribution >= 4 is 17.1 Å². The summed E-state index contributed by atoms with van der Waals surface area (Å²) in [6.07, 6.45) is -3.04. The Bertz CT molecular complexity index is 3440. The fourth-order valence-corrected chi connectivity index (χ4v) is 11.2. The van der Waals surface area contributed by atoms with E-state index in [2.05, 4.69) is 83.1 Å². The molecule has 1 aliphatic heterocycles. The van der Waals surface area contributed by atoms with Crippen molar-refractivity contribution in [1.29, 1.82) is 0 Å². The molecule has 3 heterocycles. The number of benzene rings is 9. The molecule has 0 amide bonds. The number of aliphatic hydroxyl groups excluding tert-OH is 1. The number of ether oxygens (including phenoxy) is 3. The maximum Gasteiger partial charge on any atom is 0.280 e. The van der Waals surface area contributed by atoms with Gasteiger partial charge in [0.2, 0.25) is 5.95 Å². The molecule has 0 saturated carbocycles. The van der Waals surface area contributed by atoms with E-state index in [1.807, 2.05) is 200 Å². The van der Waals surface area contributed by atoms with Gasteiger partial charge in [-0.15, -0.1) is 0 Å². The highest BCUT2D eigenvalue weighted by Gasteiger charge is 2.53.